The van der Waals surface area contributed by atoms with Gasteiger partial charge in [-0.05, 0) is 23.8 Å². The minimum absolute atomic E-state index is 0.103. The van der Waals surface area contributed by atoms with Gasteiger partial charge in [-0.25, -0.2) is 4.98 Å². The summed E-state index contributed by atoms with van der Waals surface area (Å²) in [4.78, 5) is 9.59. The van der Waals surface area contributed by atoms with Crippen LogP contribution in [0.5, 0.6) is 11.5 Å². The monoisotopic (exact) mass is 367 g/mol. The Morgan fingerprint density at radius 1 is 1.00 bits per heavy atom. The highest BCUT2D eigenvalue weighted by Gasteiger charge is 2.54. The third-order valence-electron chi connectivity index (χ3n) is 6.77. The molecule has 2 aromatic carbocycles. The fourth-order valence-electron chi connectivity index (χ4n) is 5.10. The SMILES string of the molecule is C=CC1(C)c2ccccc2N2c3nccc4c3N(c3ccccc3O4)C2C1C. The highest BCUT2D eigenvalue weighted by atomic mass is 16.5. The fourth-order valence-corrected chi connectivity index (χ4v) is 5.10. The molecule has 0 spiro atoms. The Bertz CT molecular complexity index is 1140. The lowest BCUT2D eigenvalue weighted by molar-refractivity contribution is 0.310. The summed E-state index contributed by atoms with van der Waals surface area (Å²) in [7, 11) is 0. The Labute approximate surface area is 164 Å². The van der Waals surface area contributed by atoms with E-state index in [0.717, 1.165) is 28.7 Å². The first-order valence-corrected chi connectivity index (χ1v) is 9.72. The van der Waals surface area contributed by atoms with Gasteiger partial charge >= 0.3 is 0 Å². The molecule has 4 heterocycles. The molecule has 28 heavy (non-hydrogen) atoms. The maximum Gasteiger partial charge on any atom is 0.162 e. The second-order valence-corrected chi connectivity index (χ2v) is 8.00. The first-order valence-electron chi connectivity index (χ1n) is 9.72. The van der Waals surface area contributed by atoms with E-state index in [1.54, 1.807) is 0 Å². The summed E-state index contributed by atoms with van der Waals surface area (Å²) in [5.41, 5.74) is 4.49. The van der Waals surface area contributed by atoms with E-state index >= 15 is 0 Å². The van der Waals surface area contributed by atoms with Gasteiger partial charge in [0.05, 0.1) is 5.69 Å². The molecule has 0 amide bonds. The molecular weight excluding hydrogens is 346 g/mol. The van der Waals surface area contributed by atoms with Gasteiger partial charge in [-0.15, -0.1) is 6.58 Å². The topological polar surface area (TPSA) is 28.6 Å². The molecule has 0 saturated heterocycles. The maximum absolute atomic E-state index is 6.25. The van der Waals surface area contributed by atoms with Crippen molar-refractivity contribution in [1.82, 2.24) is 4.98 Å². The van der Waals surface area contributed by atoms with Crippen LogP contribution in [0.4, 0.5) is 22.9 Å². The van der Waals surface area contributed by atoms with E-state index in [9.17, 15) is 0 Å². The number of hydrogen-bond acceptors (Lipinski definition) is 4. The molecule has 3 aromatic rings. The Kier molecular flexibility index (Phi) is 2.91. The third-order valence-corrected chi connectivity index (χ3v) is 6.77. The van der Waals surface area contributed by atoms with E-state index in [1.807, 2.05) is 24.4 Å². The van der Waals surface area contributed by atoms with Gasteiger partial charge in [-0.1, -0.05) is 50.3 Å². The number of ether oxygens (including phenoxy) is 1. The first kappa shape index (κ1) is 15.8. The van der Waals surface area contributed by atoms with Crippen molar-refractivity contribution in [1.29, 1.82) is 0 Å². The number of rotatable bonds is 1. The molecule has 3 aliphatic heterocycles. The minimum atomic E-state index is -0.146. The van der Waals surface area contributed by atoms with Crippen LogP contribution in [0.2, 0.25) is 0 Å². The average molecular weight is 367 g/mol. The summed E-state index contributed by atoms with van der Waals surface area (Å²) >= 11 is 0. The van der Waals surface area contributed by atoms with Gasteiger partial charge in [0.1, 0.15) is 11.9 Å². The molecule has 4 heteroatoms. The van der Waals surface area contributed by atoms with Gasteiger partial charge in [-0.2, -0.15) is 0 Å². The normalized spacial score (nSPS) is 25.9. The smallest absolute Gasteiger partial charge is 0.162 e. The molecule has 4 nitrogen and oxygen atoms in total. The van der Waals surface area contributed by atoms with E-state index < -0.39 is 0 Å². The highest BCUT2D eigenvalue weighted by molar-refractivity contribution is 5.94. The predicted molar refractivity (Wildman–Crippen MR) is 112 cm³/mol. The van der Waals surface area contributed by atoms with Crippen LogP contribution in [0.25, 0.3) is 0 Å². The number of benzene rings is 2. The Balaban J connectivity index is 1.70. The standard InChI is InChI=1S/C24H21N3O/c1-4-24(3)15(2)23-26-18-11-7-8-12-19(18)28-20-13-14-25-22(21(20)26)27(23)17-10-6-5-9-16(17)24/h4-15,23H,1H2,2-3H3. The number of aromatic nitrogens is 1. The van der Waals surface area contributed by atoms with Crippen LogP contribution >= 0.6 is 0 Å². The van der Waals surface area contributed by atoms with E-state index in [1.165, 1.54) is 11.3 Å². The zero-order chi connectivity index (χ0) is 19.0. The Morgan fingerprint density at radius 2 is 1.75 bits per heavy atom. The summed E-state index contributed by atoms with van der Waals surface area (Å²) in [5, 5.41) is 0. The summed E-state index contributed by atoms with van der Waals surface area (Å²) in [6.45, 7) is 8.83. The molecule has 0 bridgehead atoms. The van der Waals surface area contributed by atoms with Crippen LogP contribution in [0.3, 0.4) is 0 Å². The summed E-state index contributed by atoms with van der Waals surface area (Å²) in [6, 6.07) is 18.9. The number of pyridine rings is 1. The number of fused-ring (bicyclic) bond motifs is 7. The lowest BCUT2D eigenvalue weighted by Gasteiger charge is -2.50. The number of nitrogens with zero attached hydrogens (tertiary/aromatic N) is 3. The molecule has 6 rings (SSSR count). The second kappa shape index (κ2) is 5.16. The largest absolute Gasteiger partial charge is 0.453 e. The molecule has 3 atom stereocenters. The third kappa shape index (κ3) is 1.69. The minimum Gasteiger partial charge on any atom is -0.453 e. The molecule has 0 fully saturated rings. The van der Waals surface area contributed by atoms with Crippen molar-refractivity contribution >= 4 is 22.9 Å². The molecule has 3 unspecified atom stereocenters. The van der Waals surface area contributed by atoms with Gasteiger partial charge in [0.15, 0.2) is 17.3 Å². The fraction of sp³-hybridized carbons (Fsp3) is 0.208. The van der Waals surface area contributed by atoms with Gasteiger partial charge in [0, 0.05) is 29.3 Å². The van der Waals surface area contributed by atoms with Crippen LogP contribution < -0.4 is 14.5 Å². The summed E-state index contributed by atoms with van der Waals surface area (Å²) < 4.78 is 6.25. The van der Waals surface area contributed by atoms with Gasteiger partial charge in [0.25, 0.3) is 0 Å². The number of anilines is 4. The first-order chi connectivity index (χ1) is 13.6. The summed E-state index contributed by atoms with van der Waals surface area (Å²) in [5.74, 6) is 3.00. The highest BCUT2D eigenvalue weighted by Crippen LogP contribution is 2.62. The van der Waals surface area contributed by atoms with E-state index in [2.05, 4.69) is 72.7 Å². The maximum atomic E-state index is 6.25. The van der Waals surface area contributed by atoms with E-state index in [-0.39, 0.29) is 17.5 Å². The molecule has 0 radical (unpaired) electrons. The van der Waals surface area contributed by atoms with Crippen LogP contribution in [0, 0.1) is 5.92 Å². The van der Waals surface area contributed by atoms with Crippen LogP contribution in [0.15, 0.2) is 73.4 Å². The molecule has 138 valence electrons. The lowest BCUT2D eigenvalue weighted by atomic mass is 9.67. The Morgan fingerprint density at radius 3 is 2.57 bits per heavy atom. The molecule has 1 aromatic heterocycles. The predicted octanol–water partition coefficient (Wildman–Crippen LogP) is 5.90. The van der Waals surface area contributed by atoms with Gasteiger partial charge < -0.3 is 14.5 Å². The van der Waals surface area contributed by atoms with E-state index in [4.69, 9.17) is 9.72 Å². The number of hydrogen-bond donors (Lipinski definition) is 0. The molecule has 0 aliphatic carbocycles. The Hall–Kier alpha value is -3.27. The summed E-state index contributed by atoms with van der Waals surface area (Å²) in [6.07, 6.45) is 4.06. The van der Waals surface area contributed by atoms with Crippen molar-refractivity contribution in [3.8, 4) is 11.5 Å². The van der Waals surface area contributed by atoms with Crippen LogP contribution in [0.1, 0.15) is 19.4 Å². The van der Waals surface area contributed by atoms with Crippen molar-refractivity contribution in [3.05, 3.63) is 79.0 Å². The molecule has 3 aliphatic rings. The second-order valence-electron chi connectivity index (χ2n) is 8.00. The zero-order valence-corrected chi connectivity index (χ0v) is 16.0. The van der Waals surface area contributed by atoms with Crippen LogP contribution in [-0.4, -0.2) is 11.1 Å². The van der Waals surface area contributed by atoms with Crippen molar-refractivity contribution in [2.45, 2.75) is 25.4 Å². The lowest BCUT2D eigenvalue weighted by Crippen LogP contribution is -2.54. The van der Waals surface area contributed by atoms with Gasteiger partial charge in [-0.3, -0.25) is 0 Å². The van der Waals surface area contributed by atoms with E-state index in [0.29, 0.717) is 0 Å². The zero-order valence-electron chi connectivity index (χ0n) is 16.0. The van der Waals surface area contributed by atoms with Crippen LogP contribution in [-0.2, 0) is 5.41 Å². The van der Waals surface area contributed by atoms with Crippen molar-refractivity contribution in [3.63, 3.8) is 0 Å². The van der Waals surface area contributed by atoms with Crippen molar-refractivity contribution in [2.75, 3.05) is 9.80 Å². The number of para-hydroxylation sites is 3. The quantitative estimate of drug-likeness (QED) is 0.501. The van der Waals surface area contributed by atoms with Crippen molar-refractivity contribution < 1.29 is 4.74 Å². The molecule has 0 saturated carbocycles. The number of allylic oxidation sites excluding steroid dienone is 1. The van der Waals surface area contributed by atoms with Crippen molar-refractivity contribution in [2.24, 2.45) is 5.92 Å². The van der Waals surface area contributed by atoms with Gasteiger partial charge in [0.2, 0.25) is 0 Å². The average Bonchev–Trinajstić information content (AvgIpc) is 3.09. The molecule has 0 N–H and O–H groups in total. The molecular formula is C24H21N3O.